The first kappa shape index (κ1) is 20.6. The minimum Gasteiger partial charge on any atom is -0.376 e. The van der Waals surface area contributed by atoms with Gasteiger partial charge < -0.3 is 10.2 Å². The van der Waals surface area contributed by atoms with Crippen LogP contribution < -0.4 is 14.9 Å². The van der Waals surface area contributed by atoms with Gasteiger partial charge in [-0.3, -0.25) is 4.79 Å². The molecule has 2 aromatic carbocycles. The van der Waals surface area contributed by atoms with E-state index in [2.05, 4.69) is 10.0 Å². The molecule has 6 nitrogen and oxygen atoms in total. The molecule has 1 aliphatic carbocycles. The van der Waals surface area contributed by atoms with Crippen LogP contribution >= 0.6 is 11.6 Å². The van der Waals surface area contributed by atoms with E-state index in [9.17, 15) is 13.2 Å². The molecule has 1 amide bonds. The van der Waals surface area contributed by atoms with Gasteiger partial charge in [-0.25, -0.2) is 13.1 Å². The summed E-state index contributed by atoms with van der Waals surface area (Å²) in [5.41, 5.74) is 1.61. The third-order valence-electron chi connectivity index (χ3n) is 4.77. The van der Waals surface area contributed by atoms with E-state index in [-0.39, 0.29) is 16.5 Å². The Morgan fingerprint density at radius 1 is 1.11 bits per heavy atom. The first-order valence-electron chi connectivity index (χ1n) is 9.17. The van der Waals surface area contributed by atoms with Crippen molar-refractivity contribution in [2.24, 2.45) is 0 Å². The minimum absolute atomic E-state index is 0.0309. The molecule has 0 unspecified atom stereocenters. The normalized spacial score (nSPS) is 14.8. The highest BCUT2D eigenvalue weighted by molar-refractivity contribution is 7.89. The molecule has 1 fully saturated rings. The highest BCUT2D eigenvalue weighted by Crippen LogP contribution is 2.28. The summed E-state index contributed by atoms with van der Waals surface area (Å²) in [5, 5.41) is 3.32. The van der Waals surface area contributed by atoms with Gasteiger partial charge in [-0.15, -0.1) is 0 Å². The second kappa shape index (κ2) is 8.51. The molecule has 1 aliphatic rings. The molecular weight excluding hydrogens is 398 g/mol. The first-order valence-corrected chi connectivity index (χ1v) is 11.0. The van der Waals surface area contributed by atoms with Gasteiger partial charge >= 0.3 is 0 Å². The number of nitrogens with one attached hydrogen (secondary N) is 2. The molecule has 0 atom stereocenters. The smallest absolute Gasteiger partial charge is 0.255 e. The Balaban J connectivity index is 1.82. The molecule has 0 heterocycles. The maximum Gasteiger partial charge on any atom is 0.255 e. The zero-order valence-corrected chi connectivity index (χ0v) is 17.5. The van der Waals surface area contributed by atoms with Crippen LogP contribution in [-0.4, -0.2) is 34.5 Å². The van der Waals surface area contributed by atoms with Gasteiger partial charge in [-0.05, 0) is 49.2 Å². The molecule has 0 radical (unpaired) electrons. The molecule has 2 aromatic rings. The maximum atomic E-state index is 12.7. The zero-order chi connectivity index (χ0) is 20.3. The molecule has 1 saturated carbocycles. The number of nitrogens with zero attached hydrogens (tertiary/aromatic N) is 1. The number of anilines is 2. The van der Waals surface area contributed by atoms with E-state index in [1.54, 1.807) is 24.3 Å². The van der Waals surface area contributed by atoms with Gasteiger partial charge in [0.05, 0.1) is 16.3 Å². The molecular formula is C20H24ClN3O3S. The van der Waals surface area contributed by atoms with Gasteiger partial charge in [0.25, 0.3) is 5.91 Å². The molecule has 0 spiro atoms. The van der Waals surface area contributed by atoms with Crippen molar-refractivity contribution in [3.63, 3.8) is 0 Å². The Labute approximate surface area is 170 Å². The van der Waals surface area contributed by atoms with Gasteiger partial charge in [0.15, 0.2) is 0 Å². The fourth-order valence-electron chi connectivity index (χ4n) is 3.33. The van der Waals surface area contributed by atoms with Crippen molar-refractivity contribution in [2.75, 3.05) is 24.3 Å². The molecule has 0 aromatic heterocycles. The van der Waals surface area contributed by atoms with Crippen LogP contribution in [0.3, 0.4) is 0 Å². The summed E-state index contributed by atoms with van der Waals surface area (Å²) in [5.74, 6) is -0.400. The molecule has 3 rings (SSSR count). The van der Waals surface area contributed by atoms with Crippen LogP contribution in [0.1, 0.15) is 36.0 Å². The summed E-state index contributed by atoms with van der Waals surface area (Å²) >= 11 is 6.06. The largest absolute Gasteiger partial charge is 0.376 e. The van der Waals surface area contributed by atoms with Crippen molar-refractivity contribution in [3.8, 4) is 0 Å². The number of carbonyl (C=O) groups is 1. The predicted molar refractivity (Wildman–Crippen MR) is 113 cm³/mol. The van der Waals surface area contributed by atoms with Gasteiger partial charge in [0, 0.05) is 30.7 Å². The van der Waals surface area contributed by atoms with Crippen molar-refractivity contribution < 1.29 is 13.2 Å². The predicted octanol–water partition coefficient (Wildman–Crippen LogP) is 3.88. The lowest BCUT2D eigenvalue weighted by molar-refractivity contribution is 0.102. The van der Waals surface area contributed by atoms with Crippen molar-refractivity contribution in [3.05, 3.63) is 53.1 Å². The van der Waals surface area contributed by atoms with E-state index in [4.69, 9.17) is 11.6 Å². The lowest BCUT2D eigenvalue weighted by Gasteiger charge is -2.18. The van der Waals surface area contributed by atoms with Crippen molar-refractivity contribution in [1.29, 1.82) is 0 Å². The van der Waals surface area contributed by atoms with Crippen LogP contribution in [0.2, 0.25) is 5.02 Å². The minimum atomic E-state index is -3.66. The average Bonchev–Trinajstić information content (AvgIpc) is 3.14. The van der Waals surface area contributed by atoms with Crippen LogP contribution in [0.5, 0.6) is 0 Å². The maximum absolute atomic E-state index is 12.7. The number of halogens is 1. The summed E-state index contributed by atoms with van der Waals surface area (Å²) in [7, 11) is 0.0635. The van der Waals surface area contributed by atoms with Crippen LogP contribution in [-0.2, 0) is 10.0 Å². The number of rotatable bonds is 6. The Kier molecular flexibility index (Phi) is 6.27. The van der Waals surface area contributed by atoms with E-state index in [1.165, 1.54) is 12.1 Å². The van der Waals surface area contributed by atoms with Crippen molar-refractivity contribution in [2.45, 2.75) is 36.6 Å². The first-order chi connectivity index (χ1) is 13.3. The van der Waals surface area contributed by atoms with Gasteiger partial charge in [0.2, 0.25) is 10.0 Å². The summed E-state index contributed by atoms with van der Waals surface area (Å²) in [6.45, 7) is 0. The van der Waals surface area contributed by atoms with Crippen LogP contribution in [0, 0.1) is 0 Å². The summed E-state index contributed by atoms with van der Waals surface area (Å²) in [6, 6.07) is 11.2. The van der Waals surface area contributed by atoms with E-state index in [0.717, 1.165) is 31.4 Å². The lowest BCUT2D eigenvalue weighted by atomic mass is 10.2. The highest BCUT2D eigenvalue weighted by Gasteiger charge is 2.23. The molecule has 0 saturated heterocycles. The van der Waals surface area contributed by atoms with Gasteiger partial charge in [0.1, 0.15) is 0 Å². The third-order valence-corrected chi connectivity index (χ3v) is 6.53. The Hall–Kier alpha value is -2.09. The lowest BCUT2D eigenvalue weighted by Crippen LogP contribution is -2.32. The monoisotopic (exact) mass is 421 g/mol. The SMILES string of the molecule is CN(C)c1ccc(Cl)cc1NC(=O)c1cccc(S(=O)(=O)NC2CCCC2)c1. The molecule has 0 bridgehead atoms. The standard InChI is InChI=1S/C20H24ClN3O3S/c1-24(2)19-11-10-15(21)13-18(19)22-20(25)14-6-5-9-17(12-14)28(26,27)23-16-7-3-4-8-16/h5-6,9-13,16,23H,3-4,7-8H2,1-2H3,(H,22,25). The summed E-state index contributed by atoms with van der Waals surface area (Å²) in [6.07, 6.45) is 3.76. The van der Waals surface area contributed by atoms with Crippen LogP contribution in [0.15, 0.2) is 47.4 Å². The van der Waals surface area contributed by atoms with Crippen LogP contribution in [0.25, 0.3) is 0 Å². The van der Waals surface area contributed by atoms with E-state index < -0.39 is 15.9 Å². The highest BCUT2D eigenvalue weighted by atomic mass is 35.5. The summed E-state index contributed by atoms with van der Waals surface area (Å²) < 4.78 is 28.0. The second-order valence-electron chi connectivity index (χ2n) is 7.14. The zero-order valence-electron chi connectivity index (χ0n) is 15.9. The fourth-order valence-corrected chi connectivity index (χ4v) is 4.85. The van der Waals surface area contributed by atoms with Crippen molar-refractivity contribution in [1.82, 2.24) is 4.72 Å². The molecule has 0 aliphatic heterocycles. The van der Waals surface area contributed by atoms with E-state index in [0.29, 0.717) is 10.7 Å². The van der Waals surface area contributed by atoms with Crippen LogP contribution in [0.4, 0.5) is 11.4 Å². The Morgan fingerprint density at radius 2 is 1.82 bits per heavy atom. The number of hydrogen-bond donors (Lipinski definition) is 2. The quantitative estimate of drug-likeness (QED) is 0.741. The van der Waals surface area contributed by atoms with Gasteiger partial charge in [-0.2, -0.15) is 0 Å². The topological polar surface area (TPSA) is 78.5 Å². The number of sulfonamides is 1. The number of carbonyl (C=O) groups excluding carboxylic acids is 1. The fraction of sp³-hybridized carbons (Fsp3) is 0.350. The number of benzene rings is 2. The average molecular weight is 422 g/mol. The summed E-state index contributed by atoms with van der Waals surface area (Å²) in [4.78, 5) is 14.7. The Bertz CT molecular complexity index is 970. The van der Waals surface area contributed by atoms with E-state index in [1.807, 2.05) is 25.1 Å². The van der Waals surface area contributed by atoms with E-state index >= 15 is 0 Å². The third kappa shape index (κ3) is 4.84. The van der Waals surface area contributed by atoms with Gasteiger partial charge in [-0.1, -0.05) is 30.5 Å². The molecule has 8 heteroatoms. The Morgan fingerprint density at radius 3 is 2.50 bits per heavy atom. The molecule has 150 valence electrons. The molecule has 28 heavy (non-hydrogen) atoms. The number of hydrogen-bond acceptors (Lipinski definition) is 4. The van der Waals surface area contributed by atoms with Crippen molar-refractivity contribution >= 4 is 38.9 Å². The molecule has 2 N–H and O–H groups in total. The second-order valence-corrected chi connectivity index (χ2v) is 9.29. The number of amides is 1.